The van der Waals surface area contributed by atoms with Crippen molar-refractivity contribution in [2.45, 2.75) is 51.3 Å². The Morgan fingerprint density at radius 2 is 1.78 bits per heavy atom. The number of benzene rings is 3. The molecule has 3 aromatic carbocycles. The van der Waals surface area contributed by atoms with Gasteiger partial charge in [0, 0.05) is 18.5 Å². The van der Waals surface area contributed by atoms with Crippen molar-refractivity contribution in [3.8, 4) is 0 Å². The summed E-state index contributed by atoms with van der Waals surface area (Å²) in [5.41, 5.74) is 7.31. The van der Waals surface area contributed by atoms with E-state index in [4.69, 9.17) is 5.10 Å². The van der Waals surface area contributed by atoms with Gasteiger partial charge < -0.3 is 5.32 Å². The molecule has 0 fully saturated rings. The zero-order valence-electron chi connectivity index (χ0n) is 21.3. The average molecular weight is 511 g/mol. The zero-order valence-corrected chi connectivity index (χ0v) is 22.1. The molecule has 37 heavy (non-hydrogen) atoms. The van der Waals surface area contributed by atoms with Gasteiger partial charge in [-0.25, -0.2) is 5.01 Å². The molecule has 2 aliphatic rings. The predicted octanol–water partition coefficient (Wildman–Crippen LogP) is 6.04. The monoisotopic (exact) mass is 510 g/mol. The number of anilines is 1. The number of rotatable bonds is 6. The lowest BCUT2D eigenvalue weighted by Gasteiger charge is -2.23. The summed E-state index contributed by atoms with van der Waals surface area (Å²) < 4.78 is 0. The van der Waals surface area contributed by atoms with Gasteiger partial charge in [0.2, 0.25) is 5.91 Å². The summed E-state index contributed by atoms with van der Waals surface area (Å²) in [4.78, 5) is 30.0. The van der Waals surface area contributed by atoms with E-state index in [1.54, 1.807) is 0 Å². The third-order valence-corrected chi connectivity index (χ3v) is 8.11. The van der Waals surface area contributed by atoms with Gasteiger partial charge in [-0.3, -0.25) is 9.59 Å². The van der Waals surface area contributed by atoms with Crippen LogP contribution in [0.15, 0.2) is 82.9 Å². The standard InChI is InChI=1S/C30H30N4O2S/c1-4-21-13-15-23(16-14-21)26-17-25(22-10-6-5-7-11-22)33-34(26)30-32-29(36)27(37-30)18-28(35)31-24-12-8-9-19(2)20(24)3/h5-16,26-27H,4,17-18H2,1-3H3,(H,31,35)/t26-,27-/m0/s1. The highest BCUT2D eigenvalue weighted by molar-refractivity contribution is 8.15. The van der Waals surface area contributed by atoms with Gasteiger partial charge in [0.1, 0.15) is 5.25 Å². The molecule has 0 spiro atoms. The first-order valence-corrected chi connectivity index (χ1v) is 13.5. The van der Waals surface area contributed by atoms with Gasteiger partial charge in [0.25, 0.3) is 5.91 Å². The molecule has 5 rings (SSSR count). The van der Waals surface area contributed by atoms with Crippen molar-refractivity contribution in [3.05, 3.63) is 101 Å². The lowest BCUT2D eigenvalue weighted by Crippen LogP contribution is -2.25. The quantitative estimate of drug-likeness (QED) is 0.439. The number of aryl methyl sites for hydroxylation is 2. The Labute approximate surface area is 221 Å². The highest BCUT2D eigenvalue weighted by atomic mass is 32.2. The minimum Gasteiger partial charge on any atom is -0.326 e. The van der Waals surface area contributed by atoms with Gasteiger partial charge in [-0.15, -0.1) is 0 Å². The van der Waals surface area contributed by atoms with E-state index in [9.17, 15) is 9.59 Å². The number of hydrogen-bond donors (Lipinski definition) is 1. The second kappa shape index (κ2) is 10.7. The Bertz CT molecular complexity index is 1380. The lowest BCUT2D eigenvalue weighted by atomic mass is 9.97. The summed E-state index contributed by atoms with van der Waals surface area (Å²) in [7, 11) is 0. The Balaban J connectivity index is 1.35. The minimum atomic E-state index is -0.570. The van der Waals surface area contributed by atoms with Crippen LogP contribution in [0.4, 0.5) is 5.69 Å². The molecule has 0 saturated heterocycles. The van der Waals surface area contributed by atoms with E-state index < -0.39 is 5.25 Å². The van der Waals surface area contributed by atoms with E-state index in [1.165, 1.54) is 17.3 Å². The summed E-state index contributed by atoms with van der Waals surface area (Å²) in [6, 6.07) is 24.4. The van der Waals surface area contributed by atoms with Gasteiger partial charge in [-0.1, -0.05) is 85.4 Å². The van der Waals surface area contributed by atoms with E-state index in [-0.39, 0.29) is 24.3 Å². The SMILES string of the molecule is CCc1ccc([C@@H]2CC(c3ccccc3)=NN2C2=NC(=O)[C@H](CC(=O)Nc3cccc(C)c3C)S2)cc1. The molecule has 7 heteroatoms. The molecule has 2 heterocycles. The maximum atomic E-state index is 12.9. The van der Waals surface area contributed by atoms with Crippen LogP contribution in [0, 0.1) is 13.8 Å². The number of hydrogen-bond acceptors (Lipinski definition) is 5. The number of amidine groups is 1. The second-order valence-electron chi connectivity index (χ2n) is 9.41. The Morgan fingerprint density at radius 1 is 1.03 bits per heavy atom. The molecule has 0 aromatic heterocycles. The van der Waals surface area contributed by atoms with Crippen LogP contribution < -0.4 is 5.32 Å². The van der Waals surface area contributed by atoms with E-state index in [2.05, 4.69) is 53.6 Å². The molecule has 0 bridgehead atoms. The highest BCUT2D eigenvalue weighted by Crippen LogP contribution is 2.38. The summed E-state index contributed by atoms with van der Waals surface area (Å²) in [6.07, 6.45) is 1.74. The fourth-order valence-electron chi connectivity index (χ4n) is 4.59. The number of nitrogens with zero attached hydrogens (tertiary/aromatic N) is 3. The lowest BCUT2D eigenvalue weighted by molar-refractivity contribution is -0.121. The van der Waals surface area contributed by atoms with Gasteiger partial charge in [0.05, 0.1) is 11.8 Å². The molecule has 188 valence electrons. The van der Waals surface area contributed by atoms with Crippen molar-refractivity contribution in [2.75, 3.05) is 5.32 Å². The van der Waals surface area contributed by atoms with Crippen molar-refractivity contribution < 1.29 is 9.59 Å². The van der Waals surface area contributed by atoms with Crippen LogP contribution in [0.25, 0.3) is 0 Å². The first-order valence-electron chi connectivity index (χ1n) is 12.6. The largest absolute Gasteiger partial charge is 0.326 e. The predicted molar refractivity (Wildman–Crippen MR) is 151 cm³/mol. The number of carbonyl (C=O) groups excluding carboxylic acids is 2. The molecule has 0 aliphatic carbocycles. The van der Waals surface area contributed by atoms with Gasteiger partial charge in [0.15, 0.2) is 5.17 Å². The van der Waals surface area contributed by atoms with Gasteiger partial charge >= 0.3 is 0 Å². The molecular weight excluding hydrogens is 480 g/mol. The van der Waals surface area contributed by atoms with Crippen molar-refractivity contribution in [1.82, 2.24) is 5.01 Å². The first kappa shape index (κ1) is 25.0. The Kier molecular flexibility index (Phi) is 7.24. The molecule has 1 N–H and O–H groups in total. The van der Waals surface area contributed by atoms with E-state index in [1.807, 2.05) is 55.3 Å². The van der Waals surface area contributed by atoms with Crippen LogP contribution in [0.3, 0.4) is 0 Å². The number of aliphatic imine (C=N–C) groups is 1. The van der Waals surface area contributed by atoms with E-state index >= 15 is 0 Å². The maximum absolute atomic E-state index is 12.9. The van der Waals surface area contributed by atoms with Crippen molar-refractivity contribution in [3.63, 3.8) is 0 Å². The van der Waals surface area contributed by atoms with Gasteiger partial charge in [-0.2, -0.15) is 10.1 Å². The third-order valence-electron chi connectivity index (χ3n) is 6.96. The van der Waals surface area contributed by atoms with Crippen molar-refractivity contribution >= 4 is 40.1 Å². The molecule has 3 aromatic rings. The van der Waals surface area contributed by atoms with Crippen LogP contribution in [0.5, 0.6) is 0 Å². The zero-order chi connectivity index (χ0) is 25.9. The van der Waals surface area contributed by atoms with Crippen LogP contribution in [-0.2, 0) is 16.0 Å². The number of carbonyl (C=O) groups is 2. The maximum Gasteiger partial charge on any atom is 0.262 e. The molecule has 2 aliphatic heterocycles. The van der Waals surface area contributed by atoms with Crippen LogP contribution in [-0.4, -0.2) is 33.0 Å². The molecule has 6 nitrogen and oxygen atoms in total. The average Bonchev–Trinajstić information content (AvgIpc) is 3.51. The highest BCUT2D eigenvalue weighted by Gasteiger charge is 2.39. The minimum absolute atomic E-state index is 0.0584. The molecule has 2 amide bonds. The Hall–Kier alpha value is -3.71. The second-order valence-corrected chi connectivity index (χ2v) is 10.6. The van der Waals surface area contributed by atoms with Crippen LogP contribution in [0.1, 0.15) is 53.6 Å². The summed E-state index contributed by atoms with van der Waals surface area (Å²) in [6.45, 7) is 6.12. The molecule has 0 radical (unpaired) electrons. The molecule has 2 atom stereocenters. The number of thioether (sulfide) groups is 1. The van der Waals surface area contributed by atoms with Crippen molar-refractivity contribution in [1.29, 1.82) is 0 Å². The summed E-state index contributed by atoms with van der Waals surface area (Å²) in [5, 5.41) is 9.73. The summed E-state index contributed by atoms with van der Waals surface area (Å²) >= 11 is 1.32. The van der Waals surface area contributed by atoms with E-state index in [0.717, 1.165) is 40.1 Å². The topological polar surface area (TPSA) is 74.1 Å². The normalized spacial score (nSPS) is 19.1. The molecule has 0 saturated carbocycles. The third kappa shape index (κ3) is 5.37. The van der Waals surface area contributed by atoms with E-state index in [0.29, 0.717) is 11.6 Å². The van der Waals surface area contributed by atoms with Gasteiger partial charge in [-0.05, 0) is 54.2 Å². The van der Waals surface area contributed by atoms with Crippen molar-refractivity contribution in [2.24, 2.45) is 10.1 Å². The Morgan fingerprint density at radius 3 is 2.51 bits per heavy atom. The number of nitrogens with one attached hydrogen (secondary N) is 1. The van der Waals surface area contributed by atoms with Crippen LogP contribution in [0.2, 0.25) is 0 Å². The smallest absolute Gasteiger partial charge is 0.262 e. The number of hydrazone groups is 1. The molecular formula is C30H30N4O2S. The number of amides is 2. The first-order chi connectivity index (χ1) is 17.9. The fraction of sp³-hybridized carbons (Fsp3) is 0.267. The van der Waals surface area contributed by atoms with Crippen LogP contribution >= 0.6 is 11.8 Å². The molecule has 0 unspecified atom stereocenters. The summed E-state index contributed by atoms with van der Waals surface area (Å²) in [5.74, 6) is -0.489. The fourth-order valence-corrected chi connectivity index (χ4v) is 5.65.